The zero-order chi connectivity index (χ0) is 24.8. The van der Waals surface area contributed by atoms with Gasteiger partial charge >= 0.3 is 0 Å². The summed E-state index contributed by atoms with van der Waals surface area (Å²) < 4.78 is 1.88. The molecular formula is C24H26N8O3. The van der Waals surface area contributed by atoms with Crippen LogP contribution in [0.2, 0.25) is 0 Å². The number of carbonyl (C=O) groups excluding carboxylic acids is 2. The molecule has 0 atom stereocenters. The van der Waals surface area contributed by atoms with Crippen molar-refractivity contribution in [2.75, 3.05) is 31.6 Å². The van der Waals surface area contributed by atoms with E-state index in [0.29, 0.717) is 24.6 Å². The topological polar surface area (TPSA) is 149 Å². The standard InChI is InChI=1S/C24H26N8O3/c1-16-12-27-24(30-22(16)17-2-4-18(5-3-17)23(35)26-9-8-25)29-19-13-28-32(14-19)20-6-10-31(11-7-20)21(34)15-33/h2-5,12-14,20,33H,6-7,9-11,15H2,1H3,(H,26,35)(H,27,29,30). The first kappa shape index (κ1) is 23.8. The summed E-state index contributed by atoms with van der Waals surface area (Å²) in [4.78, 5) is 34.4. The van der Waals surface area contributed by atoms with Crippen molar-refractivity contribution >= 4 is 23.5 Å². The highest BCUT2D eigenvalue weighted by Crippen LogP contribution is 2.26. The maximum Gasteiger partial charge on any atom is 0.252 e. The van der Waals surface area contributed by atoms with Gasteiger partial charge in [-0.1, -0.05) is 12.1 Å². The summed E-state index contributed by atoms with van der Waals surface area (Å²) in [6.07, 6.45) is 6.87. The third-order valence-corrected chi connectivity index (χ3v) is 5.90. The predicted octanol–water partition coefficient (Wildman–Crippen LogP) is 1.80. The lowest BCUT2D eigenvalue weighted by molar-refractivity contribution is -0.135. The van der Waals surface area contributed by atoms with Crippen LogP contribution in [0, 0.1) is 18.3 Å². The molecule has 1 fully saturated rings. The van der Waals surface area contributed by atoms with Crippen LogP contribution >= 0.6 is 0 Å². The number of nitriles is 1. The summed E-state index contributed by atoms with van der Waals surface area (Å²) >= 11 is 0. The van der Waals surface area contributed by atoms with Gasteiger partial charge in [0.1, 0.15) is 13.2 Å². The summed E-state index contributed by atoms with van der Waals surface area (Å²) in [5.41, 5.74) is 3.67. The van der Waals surface area contributed by atoms with Gasteiger partial charge in [-0.2, -0.15) is 10.4 Å². The van der Waals surface area contributed by atoms with Gasteiger partial charge in [-0.3, -0.25) is 14.3 Å². The van der Waals surface area contributed by atoms with Crippen LogP contribution < -0.4 is 10.6 Å². The molecule has 35 heavy (non-hydrogen) atoms. The first-order valence-electron chi connectivity index (χ1n) is 11.3. The second kappa shape index (κ2) is 10.8. The Labute approximate surface area is 202 Å². The average Bonchev–Trinajstić information content (AvgIpc) is 3.36. The molecule has 1 aromatic carbocycles. The Morgan fingerprint density at radius 2 is 1.94 bits per heavy atom. The number of hydrogen-bond acceptors (Lipinski definition) is 8. The van der Waals surface area contributed by atoms with Crippen molar-refractivity contribution in [2.45, 2.75) is 25.8 Å². The van der Waals surface area contributed by atoms with Gasteiger partial charge in [0.15, 0.2) is 0 Å². The second-order valence-electron chi connectivity index (χ2n) is 8.25. The molecule has 0 saturated carbocycles. The molecule has 3 N–H and O–H groups in total. The molecule has 0 unspecified atom stereocenters. The van der Waals surface area contributed by atoms with Gasteiger partial charge in [0.05, 0.1) is 29.7 Å². The molecule has 0 bridgehead atoms. The van der Waals surface area contributed by atoms with E-state index in [2.05, 4.69) is 25.7 Å². The van der Waals surface area contributed by atoms with Crippen molar-refractivity contribution in [3.05, 3.63) is 54.0 Å². The number of aliphatic hydroxyl groups excluding tert-OH is 1. The first-order chi connectivity index (χ1) is 17.0. The van der Waals surface area contributed by atoms with E-state index in [1.165, 1.54) is 0 Å². The van der Waals surface area contributed by atoms with Crippen molar-refractivity contribution in [3.8, 4) is 17.3 Å². The Hall–Kier alpha value is -4.30. The van der Waals surface area contributed by atoms with E-state index >= 15 is 0 Å². The van der Waals surface area contributed by atoms with Crippen LogP contribution in [0.1, 0.15) is 34.8 Å². The largest absolute Gasteiger partial charge is 0.387 e. The minimum absolute atomic E-state index is 0.0419. The van der Waals surface area contributed by atoms with Crippen LogP contribution in [0.15, 0.2) is 42.9 Å². The number of nitrogens with one attached hydrogen (secondary N) is 2. The summed E-state index contributed by atoms with van der Waals surface area (Å²) in [6.45, 7) is 2.60. The summed E-state index contributed by atoms with van der Waals surface area (Å²) in [5.74, 6) is -0.123. The number of carbonyl (C=O) groups is 2. The number of hydrogen-bond donors (Lipinski definition) is 3. The van der Waals surface area contributed by atoms with Gasteiger partial charge in [0, 0.05) is 36.6 Å². The Bertz CT molecular complexity index is 1240. The number of aliphatic hydroxyl groups is 1. The number of likely N-dealkylation sites (tertiary alicyclic amines) is 1. The molecule has 0 aliphatic carbocycles. The molecule has 180 valence electrons. The van der Waals surface area contributed by atoms with Crippen molar-refractivity contribution in [2.24, 2.45) is 0 Å². The van der Waals surface area contributed by atoms with Gasteiger partial charge in [-0.15, -0.1) is 0 Å². The van der Waals surface area contributed by atoms with Crippen LogP contribution in [-0.4, -0.2) is 67.8 Å². The minimum atomic E-state index is -0.457. The molecule has 3 heterocycles. The van der Waals surface area contributed by atoms with Crippen LogP contribution in [0.5, 0.6) is 0 Å². The molecule has 0 spiro atoms. The molecule has 11 heteroatoms. The van der Waals surface area contributed by atoms with Crippen molar-refractivity contribution in [1.82, 2.24) is 30.0 Å². The zero-order valence-electron chi connectivity index (χ0n) is 19.3. The number of nitrogens with zero attached hydrogens (tertiary/aromatic N) is 6. The van der Waals surface area contributed by atoms with E-state index in [1.54, 1.807) is 29.4 Å². The maximum atomic E-state index is 12.0. The van der Waals surface area contributed by atoms with Gasteiger partial charge < -0.3 is 20.6 Å². The van der Waals surface area contributed by atoms with E-state index < -0.39 is 6.61 Å². The molecule has 1 saturated heterocycles. The lowest BCUT2D eigenvalue weighted by Gasteiger charge is -2.31. The normalized spacial score (nSPS) is 13.8. The van der Waals surface area contributed by atoms with Crippen molar-refractivity contribution in [1.29, 1.82) is 5.26 Å². The maximum absolute atomic E-state index is 12.0. The molecule has 1 aliphatic heterocycles. The summed E-state index contributed by atoms with van der Waals surface area (Å²) in [7, 11) is 0. The lowest BCUT2D eigenvalue weighted by Crippen LogP contribution is -2.40. The number of rotatable bonds is 7. The molecule has 0 radical (unpaired) electrons. The fourth-order valence-corrected chi connectivity index (χ4v) is 4.01. The highest BCUT2D eigenvalue weighted by Gasteiger charge is 2.24. The smallest absolute Gasteiger partial charge is 0.252 e. The fourth-order valence-electron chi connectivity index (χ4n) is 4.01. The summed E-state index contributed by atoms with van der Waals surface area (Å²) in [6, 6.07) is 9.07. The van der Waals surface area contributed by atoms with Gasteiger partial charge in [-0.25, -0.2) is 9.97 Å². The van der Waals surface area contributed by atoms with Crippen molar-refractivity contribution in [3.63, 3.8) is 0 Å². The first-order valence-corrected chi connectivity index (χ1v) is 11.3. The Balaban J connectivity index is 1.43. The number of piperidine rings is 1. The van der Waals surface area contributed by atoms with E-state index in [4.69, 9.17) is 10.4 Å². The molecule has 11 nitrogen and oxygen atoms in total. The number of anilines is 2. The lowest BCUT2D eigenvalue weighted by atomic mass is 10.1. The van der Waals surface area contributed by atoms with E-state index in [1.807, 2.05) is 36.0 Å². The highest BCUT2D eigenvalue weighted by molar-refractivity contribution is 5.94. The zero-order valence-corrected chi connectivity index (χ0v) is 19.3. The predicted molar refractivity (Wildman–Crippen MR) is 128 cm³/mol. The minimum Gasteiger partial charge on any atom is -0.387 e. The number of benzene rings is 1. The number of aromatic nitrogens is 4. The molecule has 2 aromatic heterocycles. The SMILES string of the molecule is Cc1cnc(Nc2cnn(C3CCN(C(=O)CO)CC3)c2)nc1-c1ccc(C(=O)NCC#N)cc1. The Kier molecular flexibility index (Phi) is 7.32. The Morgan fingerprint density at radius 3 is 2.63 bits per heavy atom. The Morgan fingerprint density at radius 1 is 1.20 bits per heavy atom. The van der Waals surface area contributed by atoms with E-state index in [0.717, 1.165) is 35.3 Å². The molecule has 1 aliphatic rings. The second-order valence-corrected chi connectivity index (χ2v) is 8.25. The molecule has 4 rings (SSSR count). The fraction of sp³-hybridized carbons (Fsp3) is 0.333. The third-order valence-electron chi connectivity index (χ3n) is 5.90. The van der Waals surface area contributed by atoms with Crippen LogP contribution in [0.3, 0.4) is 0 Å². The van der Waals surface area contributed by atoms with Crippen LogP contribution in [0.25, 0.3) is 11.3 Å². The monoisotopic (exact) mass is 474 g/mol. The van der Waals surface area contributed by atoms with Gasteiger partial charge in [0.25, 0.3) is 5.91 Å². The number of amides is 2. The quantitative estimate of drug-likeness (QED) is 0.439. The molecular weight excluding hydrogens is 448 g/mol. The third kappa shape index (κ3) is 5.62. The summed E-state index contributed by atoms with van der Waals surface area (Å²) in [5, 5.41) is 27.8. The van der Waals surface area contributed by atoms with E-state index in [9.17, 15) is 9.59 Å². The van der Waals surface area contributed by atoms with Gasteiger partial charge in [0.2, 0.25) is 11.9 Å². The van der Waals surface area contributed by atoms with Crippen LogP contribution in [-0.2, 0) is 4.79 Å². The average molecular weight is 475 g/mol. The van der Waals surface area contributed by atoms with Gasteiger partial charge in [-0.05, 0) is 37.5 Å². The number of aryl methyl sites for hydroxylation is 1. The van der Waals surface area contributed by atoms with Crippen molar-refractivity contribution < 1.29 is 14.7 Å². The van der Waals surface area contributed by atoms with Crippen LogP contribution in [0.4, 0.5) is 11.6 Å². The van der Waals surface area contributed by atoms with E-state index in [-0.39, 0.29) is 24.4 Å². The highest BCUT2D eigenvalue weighted by atomic mass is 16.3. The molecule has 3 aromatic rings. The molecule has 2 amide bonds.